The van der Waals surface area contributed by atoms with Crippen LogP contribution < -0.4 is 5.11 Å². The molecule has 0 aromatic heterocycles. The molecule has 0 heterocycles. The zero-order chi connectivity index (χ0) is 19.8. The third-order valence-corrected chi connectivity index (χ3v) is 4.52. The van der Waals surface area contributed by atoms with E-state index in [9.17, 15) is 19.5 Å². The Morgan fingerprint density at radius 3 is 1.85 bits per heavy atom. The minimum atomic E-state index is -1.20. The van der Waals surface area contributed by atoms with Gasteiger partial charge in [0.25, 0.3) is 0 Å². The molecular formula is C19H33NO6. The molecule has 0 aromatic rings. The Hall–Kier alpha value is -1.89. The fraction of sp³-hybridized carbons (Fsp3) is 0.737. The lowest BCUT2D eigenvalue weighted by molar-refractivity contribution is -0.927. The number of rotatable bonds is 17. The van der Waals surface area contributed by atoms with Gasteiger partial charge in [-0.1, -0.05) is 25.5 Å². The Balaban J connectivity index is 4.69. The molecular weight excluding hydrogens is 338 g/mol. The van der Waals surface area contributed by atoms with E-state index in [0.29, 0.717) is 6.54 Å². The molecule has 0 bridgehead atoms. The van der Waals surface area contributed by atoms with E-state index in [1.54, 1.807) is 0 Å². The van der Waals surface area contributed by atoms with Gasteiger partial charge in [0, 0.05) is 12.4 Å². The topological polar surface area (TPSA) is 115 Å². The van der Waals surface area contributed by atoms with Gasteiger partial charge in [-0.3, -0.25) is 9.59 Å². The number of aliphatic carboxylic acids is 3. The maximum atomic E-state index is 11.0. The summed E-state index contributed by atoms with van der Waals surface area (Å²) in [6, 6.07) is 0. The number of nitrogens with zero attached hydrogens (tertiary/aromatic N) is 1. The summed E-state index contributed by atoms with van der Waals surface area (Å²) >= 11 is 0. The number of allylic oxidation sites excluding steroid dienone is 2. The van der Waals surface area contributed by atoms with Gasteiger partial charge in [0.1, 0.15) is 0 Å². The first-order chi connectivity index (χ1) is 12.3. The quantitative estimate of drug-likeness (QED) is 0.229. The second-order valence-electron chi connectivity index (χ2n) is 6.75. The highest BCUT2D eigenvalue weighted by molar-refractivity contribution is 5.67. The van der Waals surface area contributed by atoms with Crippen LogP contribution >= 0.6 is 0 Å². The van der Waals surface area contributed by atoms with Gasteiger partial charge in [0.2, 0.25) is 0 Å². The summed E-state index contributed by atoms with van der Waals surface area (Å²) in [4.78, 5) is 32.8. The summed E-state index contributed by atoms with van der Waals surface area (Å²) in [5, 5.41) is 28.8. The normalized spacial score (nSPS) is 11.7. The molecule has 0 aromatic carbocycles. The number of hydrogen-bond donors (Lipinski definition) is 2. The highest BCUT2D eigenvalue weighted by Crippen LogP contribution is 2.15. The van der Waals surface area contributed by atoms with Crippen LogP contribution in [0.1, 0.15) is 64.7 Å². The first-order valence-corrected chi connectivity index (χ1v) is 9.45. The summed E-state index contributed by atoms with van der Waals surface area (Å²) in [5.74, 6) is -3.12. The molecule has 0 aliphatic rings. The van der Waals surface area contributed by atoms with Crippen LogP contribution in [0.3, 0.4) is 0 Å². The molecule has 0 saturated carbocycles. The van der Waals surface area contributed by atoms with Crippen LogP contribution in [0.5, 0.6) is 0 Å². The van der Waals surface area contributed by atoms with Gasteiger partial charge in [0.05, 0.1) is 39.0 Å². The van der Waals surface area contributed by atoms with Gasteiger partial charge in [0.15, 0.2) is 0 Å². The molecule has 0 atom stereocenters. The van der Waals surface area contributed by atoms with Crippen LogP contribution in [0.25, 0.3) is 0 Å². The maximum Gasteiger partial charge on any atom is 0.309 e. The van der Waals surface area contributed by atoms with E-state index in [1.165, 1.54) is 0 Å². The van der Waals surface area contributed by atoms with Gasteiger partial charge in [-0.25, -0.2) is 0 Å². The molecule has 7 heteroatoms. The molecule has 0 amide bonds. The number of carbonyl (C=O) groups excluding carboxylic acids is 1. The lowest BCUT2D eigenvalue weighted by Crippen LogP contribution is -2.53. The van der Waals surface area contributed by atoms with E-state index in [1.807, 2.05) is 0 Å². The zero-order valence-electron chi connectivity index (χ0n) is 15.8. The lowest BCUT2D eigenvalue weighted by atomic mass is 10.1. The second kappa shape index (κ2) is 14.3. The summed E-state index contributed by atoms with van der Waals surface area (Å²) in [5.41, 5.74) is 0. The maximum absolute atomic E-state index is 11.0. The van der Waals surface area contributed by atoms with Crippen molar-refractivity contribution in [1.82, 2.24) is 0 Å². The Kier molecular flexibility index (Phi) is 13.3. The van der Waals surface area contributed by atoms with E-state index in [-0.39, 0.29) is 43.4 Å². The summed E-state index contributed by atoms with van der Waals surface area (Å²) in [6.45, 7) is 3.41. The van der Waals surface area contributed by atoms with Crippen molar-refractivity contribution in [3.05, 3.63) is 12.2 Å². The fourth-order valence-electron chi connectivity index (χ4n) is 2.95. The predicted octanol–water partition coefficient (Wildman–Crippen LogP) is 1.81. The molecule has 0 spiro atoms. The molecule has 0 fully saturated rings. The lowest BCUT2D eigenvalue weighted by Gasteiger charge is -2.38. The first kappa shape index (κ1) is 24.1. The van der Waals surface area contributed by atoms with Crippen LogP contribution in [0.15, 0.2) is 12.2 Å². The Morgan fingerprint density at radius 1 is 0.808 bits per heavy atom. The average Bonchev–Trinajstić information content (AvgIpc) is 2.57. The highest BCUT2D eigenvalue weighted by Gasteiger charge is 2.28. The van der Waals surface area contributed by atoms with Crippen molar-refractivity contribution in [3.63, 3.8) is 0 Å². The first-order valence-electron chi connectivity index (χ1n) is 9.45. The number of carboxylic acids is 3. The summed E-state index contributed by atoms with van der Waals surface area (Å²) in [7, 11) is 0. The van der Waals surface area contributed by atoms with Crippen molar-refractivity contribution in [2.75, 3.05) is 26.2 Å². The van der Waals surface area contributed by atoms with Crippen molar-refractivity contribution in [3.8, 4) is 0 Å². The van der Waals surface area contributed by atoms with Crippen molar-refractivity contribution >= 4 is 17.9 Å². The molecule has 2 N–H and O–H groups in total. The third-order valence-electron chi connectivity index (χ3n) is 4.52. The van der Waals surface area contributed by atoms with Gasteiger partial charge in [-0.2, -0.15) is 0 Å². The smallest absolute Gasteiger partial charge is 0.309 e. The average molecular weight is 371 g/mol. The highest BCUT2D eigenvalue weighted by atomic mass is 16.4. The fourth-order valence-corrected chi connectivity index (χ4v) is 2.95. The second-order valence-corrected chi connectivity index (χ2v) is 6.75. The predicted molar refractivity (Wildman–Crippen MR) is 96.4 cm³/mol. The van der Waals surface area contributed by atoms with E-state index in [4.69, 9.17) is 10.2 Å². The van der Waals surface area contributed by atoms with E-state index < -0.39 is 17.9 Å². The van der Waals surface area contributed by atoms with Crippen molar-refractivity contribution in [1.29, 1.82) is 0 Å². The van der Waals surface area contributed by atoms with Gasteiger partial charge in [-0.05, 0) is 32.1 Å². The van der Waals surface area contributed by atoms with Gasteiger partial charge < -0.3 is 24.6 Å². The van der Waals surface area contributed by atoms with Crippen molar-refractivity contribution in [2.45, 2.75) is 64.7 Å². The van der Waals surface area contributed by atoms with Gasteiger partial charge >= 0.3 is 11.9 Å². The van der Waals surface area contributed by atoms with Gasteiger partial charge in [-0.15, -0.1) is 0 Å². The van der Waals surface area contributed by atoms with Crippen LogP contribution in [0, 0.1) is 0 Å². The molecule has 150 valence electrons. The van der Waals surface area contributed by atoms with Crippen LogP contribution in [0.4, 0.5) is 0 Å². The molecule has 0 aliphatic carbocycles. The van der Waals surface area contributed by atoms with E-state index in [0.717, 1.165) is 38.5 Å². The molecule has 0 unspecified atom stereocenters. The summed E-state index contributed by atoms with van der Waals surface area (Å²) in [6.07, 6.45) is 9.89. The van der Waals surface area contributed by atoms with Crippen LogP contribution in [-0.4, -0.2) is 58.8 Å². The Bertz CT molecular complexity index is 415. The third kappa shape index (κ3) is 13.4. The molecule has 26 heavy (non-hydrogen) atoms. The molecule has 0 rings (SSSR count). The standard InChI is InChI=1S/C19H33NO6/c1-2-3-4-5-6-7-8-9-13-20(14-10-17(21)22,15-11-18(23)24)16-12-19(25)26/h4-5H,2-3,6-16H2,1H3,(H2-,21,22,23,24,25,26)/b5-4+. The molecule has 0 aliphatic heterocycles. The number of carboxylic acid groups (broad SMARTS) is 3. The number of hydrogen-bond acceptors (Lipinski definition) is 4. The zero-order valence-corrected chi connectivity index (χ0v) is 15.8. The van der Waals surface area contributed by atoms with E-state index >= 15 is 0 Å². The Morgan fingerprint density at radius 2 is 1.35 bits per heavy atom. The number of carbonyl (C=O) groups is 3. The van der Waals surface area contributed by atoms with Crippen molar-refractivity contribution < 1.29 is 34.2 Å². The summed E-state index contributed by atoms with van der Waals surface area (Å²) < 4.78 is 0.207. The van der Waals surface area contributed by atoms with Crippen LogP contribution in [-0.2, 0) is 14.4 Å². The SMILES string of the molecule is CCC/C=C/CCCCC[N+](CCC(=O)[O-])(CCC(=O)O)CCC(=O)O. The number of unbranched alkanes of at least 4 members (excludes halogenated alkanes) is 4. The molecule has 0 radical (unpaired) electrons. The van der Waals surface area contributed by atoms with E-state index in [2.05, 4.69) is 19.1 Å². The molecule has 7 nitrogen and oxygen atoms in total. The minimum Gasteiger partial charge on any atom is -0.550 e. The van der Waals surface area contributed by atoms with Crippen LogP contribution in [0.2, 0.25) is 0 Å². The number of quaternary nitrogens is 1. The minimum absolute atomic E-state index is 0.105. The Labute approximate surface area is 155 Å². The largest absolute Gasteiger partial charge is 0.550 e. The van der Waals surface area contributed by atoms with Crippen molar-refractivity contribution in [2.24, 2.45) is 0 Å². The molecule has 0 saturated heterocycles. The monoisotopic (exact) mass is 371 g/mol.